The summed E-state index contributed by atoms with van der Waals surface area (Å²) in [4.78, 5) is 2.16. The standard InChI is InChI=1S/C10H13N3O/c14-8-9-4-5-10(12-11-9)13-6-2-1-3-7-13/h1-2,4-5,14H,3,6-8H2. The van der Waals surface area contributed by atoms with Crippen molar-refractivity contribution in [2.75, 3.05) is 18.0 Å². The molecule has 4 heteroatoms. The Balaban J connectivity index is 2.12. The zero-order chi connectivity index (χ0) is 9.80. The van der Waals surface area contributed by atoms with Gasteiger partial charge in [-0.25, -0.2) is 0 Å². The maximum absolute atomic E-state index is 8.81. The van der Waals surface area contributed by atoms with Gasteiger partial charge in [-0.15, -0.1) is 5.10 Å². The second kappa shape index (κ2) is 4.19. The summed E-state index contributed by atoms with van der Waals surface area (Å²) >= 11 is 0. The van der Waals surface area contributed by atoms with Crippen LogP contribution in [0.3, 0.4) is 0 Å². The topological polar surface area (TPSA) is 49.2 Å². The number of anilines is 1. The summed E-state index contributed by atoms with van der Waals surface area (Å²) in [6, 6.07) is 3.71. The number of rotatable bonds is 2. The monoisotopic (exact) mass is 191 g/mol. The molecule has 0 aromatic carbocycles. The van der Waals surface area contributed by atoms with Gasteiger partial charge in [0, 0.05) is 13.1 Å². The normalized spacial score (nSPS) is 15.9. The van der Waals surface area contributed by atoms with Gasteiger partial charge in [0.2, 0.25) is 0 Å². The van der Waals surface area contributed by atoms with Crippen LogP contribution in [0.1, 0.15) is 12.1 Å². The third kappa shape index (κ3) is 1.90. The lowest BCUT2D eigenvalue weighted by Crippen LogP contribution is -2.27. The fourth-order valence-corrected chi connectivity index (χ4v) is 1.46. The van der Waals surface area contributed by atoms with Crippen LogP contribution in [0, 0.1) is 0 Å². The predicted octanol–water partition coefficient (Wildman–Crippen LogP) is 0.735. The molecular formula is C10H13N3O. The summed E-state index contributed by atoms with van der Waals surface area (Å²) in [6.45, 7) is 1.84. The van der Waals surface area contributed by atoms with E-state index in [-0.39, 0.29) is 6.61 Å². The van der Waals surface area contributed by atoms with E-state index in [1.54, 1.807) is 6.07 Å². The molecule has 0 saturated heterocycles. The second-order valence-electron chi connectivity index (χ2n) is 3.25. The number of aliphatic hydroxyl groups excluding tert-OH is 1. The van der Waals surface area contributed by atoms with Crippen molar-refractivity contribution in [2.45, 2.75) is 13.0 Å². The van der Waals surface area contributed by atoms with E-state index in [0.717, 1.165) is 25.3 Å². The molecule has 0 fully saturated rings. The van der Waals surface area contributed by atoms with E-state index in [4.69, 9.17) is 5.11 Å². The molecule has 0 spiro atoms. The Morgan fingerprint density at radius 1 is 1.29 bits per heavy atom. The number of nitrogens with zero attached hydrogens (tertiary/aromatic N) is 3. The number of hydrogen-bond acceptors (Lipinski definition) is 4. The van der Waals surface area contributed by atoms with Crippen molar-refractivity contribution in [3.63, 3.8) is 0 Å². The Bertz CT molecular complexity index is 321. The number of hydrogen-bond donors (Lipinski definition) is 1. The SMILES string of the molecule is OCc1ccc(N2CC=CCC2)nn1. The van der Waals surface area contributed by atoms with Gasteiger partial charge in [0.05, 0.1) is 12.3 Å². The molecule has 1 aliphatic rings. The first-order valence-electron chi connectivity index (χ1n) is 4.73. The van der Waals surface area contributed by atoms with E-state index >= 15 is 0 Å². The minimum Gasteiger partial charge on any atom is -0.390 e. The van der Waals surface area contributed by atoms with E-state index < -0.39 is 0 Å². The van der Waals surface area contributed by atoms with E-state index in [9.17, 15) is 0 Å². The second-order valence-corrected chi connectivity index (χ2v) is 3.25. The molecule has 0 unspecified atom stereocenters. The van der Waals surface area contributed by atoms with Gasteiger partial charge in [-0.2, -0.15) is 5.10 Å². The van der Waals surface area contributed by atoms with Crippen molar-refractivity contribution >= 4 is 5.82 Å². The van der Waals surface area contributed by atoms with Crippen molar-refractivity contribution in [3.05, 3.63) is 30.0 Å². The Kier molecular flexibility index (Phi) is 2.74. The fourth-order valence-electron chi connectivity index (χ4n) is 1.46. The number of aromatic nitrogens is 2. The van der Waals surface area contributed by atoms with Gasteiger partial charge in [0.15, 0.2) is 5.82 Å². The molecule has 1 aromatic rings. The van der Waals surface area contributed by atoms with Crippen LogP contribution < -0.4 is 4.90 Å². The van der Waals surface area contributed by atoms with Crippen LogP contribution in [0.25, 0.3) is 0 Å². The Morgan fingerprint density at radius 3 is 2.79 bits per heavy atom. The molecule has 0 bridgehead atoms. The Hall–Kier alpha value is -1.42. The van der Waals surface area contributed by atoms with Crippen LogP contribution in [0.15, 0.2) is 24.3 Å². The maximum Gasteiger partial charge on any atom is 0.151 e. The lowest BCUT2D eigenvalue weighted by Gasteiger charge is -2.23. The Labute approximate surface area is 82.9 Å². The van der Waals surface area contributed by atoms with Gasteiger partial charge >= 0.3 is 0 Å². The molecule has 2 rings (SSSR count). The smallest absolute Gasteiger partial charge is 0.151 e. The molecule has 0 aliphatic carbocycles. The molecule has 14 heavy (non-hydrogen) atoms. The quantitative estimate of drug-likeness (QED) is 0.700. The maximum atomic E-state index is 8.81. The highest BCUT2D eigenvalue weighted by Crippen LogP contribution is 2.12. The molecule has 4 nitrogen and oxygen atoms in total. The van der Waals surface area contributed by atoms with E-state index in [2.05, 4.69) is 27.2 Å². The van der Waals surface area contributed by atoms with Crippen LogP contribution in [0.4, 0.5) is 5.82 Å². The third-order valence-corrected chi connectivity index (χ3v) is 2.25. The highest BCUT2D eigenvalue weighted by Gasteiger charge is 2.08. The highest BCUT2D eigenvalue weighted by atomic mass is 16.3. The van der Waals surface area contributed by atoms with E-state index in [1.165, 1.54) is 0 Å². The summed E-state index contributed by atoms with van der Waals surface area (Å²) in [6.07, 6.45) is 5.36. The first kappa shape index (κ1) is 9.15. The first-order valence-corrected chi connectivity index (χ1v) is 4.73. The molecule has 1 N–H and O–H groups in total. The third-order valence-electron chi connectivity index (χ3n) is 2.25. The minimum absolute atomic E-state index is 0.0484. The van der Waals surface area contributed by atoms with Gasteiger partial charge < -0.3 is 10.0 Å². The average Bonchev–Trinajstić information content (AvgIpc) is 2.30. The summed E-state index contributed by atoms with van der Waals surface area (Å²) in [5.74, 6) is 0.881. The van der Waals surface area contributed by atoms with E-state index in [1.807, 2.05) is 6.07 Å². The van der Waals surface area contributed by atoms with E-state index in [0.29, 0.717) is 5.69 Å². The van der Waals surface area contributed by atoms with Crippen LogP contribution in [-0.2, 0) is 6.61 Å². The van der Waals surface area contributed by atoms with Gasteiger partial charge in [-0.1, -0.05) is 12.2 Å². The van der Waals surface area contributed by atoms with Crippen molar-refractivity contribution in [2.24, 2.45) is 0 Å². The average molecular weight is 191 g/mol. The lowest BCUT2D eigenvalue weighted by molar-refractivity contribution is 0.275. The molecule has 0 saturated carbocycles. The minimum atomic E-state index is -0.0484. The van der Waals surface area contributed by atoms with Crippen LogP contribution in [0.5, 0.6) is 0 Å². The summed E-state index contributed by atoms with van der Waals surface area (Å²) in [5, 5.41) is 16.8. The van der Waals surface area contributed by atoms with Crippen molar-refractivity contribution in [1.82, 2.24) is 10.2 Å². The van der Waals surface area contributed by atoms with Crippen LogP contribution >= 0.6 is 0 Å². The molecule has 0 amide bonds. The molecule has 2 heterocycles. The van der Waals surface area contributed by atoms with Crippen LogP contribution in [-0.4, -0.2) is 28.4 Å². The van der Waals surface area contributed by atoms with Gasteiger partial charge in [0.25, 0.3) is 0 Å². The largest absolute Gasteiger partial charge is 0.390 e. The summed E-state index contributed by atoms with van der Waals surface area (Å²) in [5.41, 5.74) is 0.612. The highest BCUT2D eigenvalue weighted by molar-refractivity contribution is 5.39. The molecular weight excluding hydrogens is 178 g/mol. The predicted molar refractivity (Wildman–Crippen MR) is 53.9 cm³/mol. The first-order chi connectivity index (χ1) is 6.90. The molecule has 74 valence electrons. The zero-order valence-corrected chi connectivity index (χ0v) is 7.93. The number of aliphatic hydroxyl groups is 1. The van der Waals surface area contributed by atoms with Crippen molar-refractivity contribution < 1.29 is 5.11 Å². The molecule has 0 atom stereocenters. The molecule has 1 aromatic heterocycles. The van der Waals surface area contributed by atoms with Crippen molar-refractivity contribution in [1.29, 1.82) is 0 Å². The van der Waals surface area contributed by atoms with Crippen LogP contribution in [0.2, 0.25) is 0 Å². The summed E-state index contributed by atoms with van der Waals surface area (Å²) in [7, 11) is 0. The fraction of sp³-hybridized carbons (Fsp3) is 0.400. The lowest BCUT2D eigenvalue weighted by atomic mass is 10.2. The summed E-state index contributed by atoms with van der Waals surface area (Å²) < 4.78 is 0. The molecule has 0 radical (unpaired) electrons. The van der Waals surface area contributed by atoms with Gasteiger partial charge in [-0.3, -0.25) is 0 Å². The molecule has 1 aliphatic heterocycles. The van der Waals surface area contributed by atoms with Crippen molar-refractivity contribution in [3.8, 4) is 0 Å². The Morgan fingerprint density at radius 2 is 2.21 bits per heavy atom. The van der Waals surface area contributed by atoms with Gasteiger partial charge in [-0.05, 0) is 18.6 Å². The zero-order valence-electron chi connectivity index (χ0n) is 7.93. The van der Waals surface area contributed by atoms with Gasteiger partial charge in [0.1, 0.15) is 0 Å².